The van der Waals surface area contributed by atoms with Gasteiger partial charge in [-0.15, -0.1) is 0 Å². The zero-order chi connectivity index (χ0) is 34.3. The van der Waals surface area contributed by atoms with Crippen molar-refractivity contribution >= 4 is 11.8 Å². The van der Waals surface area contributed by atoms with Gasteiger partial charge in [-0.3, -0.25) is 9.59 Å². The molecule has 2 atom stereocenters. The third-order valence-corrected chi connectivity index (χ3v) is 8.09. The first-order chi connectivity index (χ1) is 22.5. The summed E-state index contributed by atoms with van der Waals surface area (Å²) in [7, 11) is 4.00. The van der Waals surface area contributed by atoms with Crippen LogP contribution in [0.2, 0.25) is 0 Å². The molecule has 0 fully saturated rings. The number of carbonyl (C=O) groups excluding carboxylic acids is 2. The summed E-state index contributed by atoms with van der Waals surface area (Å²) in [5, 5.41) is 17.5. The summed E-state index contributed by atoms with van der Waals surface area (Å²) < 4.78 is 28.2. The Morgan fingerprint density at radius 2 is 1.47 bits per heavy atom. The van der Waals surface area contributed by atoms with E-state index in [1.165, 1.54) is 17.7 Å². The standard InChI is InChI=1S/C38H52F2N4O3/c1-6-14-44(15-7-2)38(47)32-19-28(13-10-16-43(4)5)18-31(23-32)37(46)42-35(22-30-20-33(39)24-34(40)21-30)36(45)26-41-25-29-12-9-11-27(8-3)17-29/h9,11-12,17-21,23-24,35-36,41,45H,6-8,10,13-16,22,25-26H2,1-5H3,(H,42,46)/t35-,36-/m0/s1. The van der Waals surface area contributed by atoms with Crippen molar-refractivity contribution in [3.05, 3.63) is 106 Å². The smallest absolute Gasteiger partial charge is 0.253 e. The number of aliphatic hydroxyl groups excluding tert-OH is 1. The molecule has 47 heavy (non-hydrogen) atoms. The van der Waals surface area contributed by atoms with Crippen molar-refractivity contribution in [2.24, 2.45) is 0 Å². The predicted octanol–water partition coefficient (Wildman–Crippen LogP) is 5.78. The van der Waals surface area contributed by atoms with Gasteiger partial charge in [0.2, 0.25) is 0 Å². The fourth-order valence-corrected chi connectivity index (χ4v) is 5.71. The van der Waals surface area contributed by atoms with Gasteiger partial charge in [0.1, 0.15) is 11.6 Å². The van der Waals surface area contributed by atoms with Crippen molar-refractivity contribution in [3.8, 4) is 0 Å². The fourth-order valence-electron chi connectivity index (χ4n) is 5.71. The zero-order valence-electron chi connectivity index (χ0n) is 28.6. The second kappa shape index (κ2) is 19.2. The first-order valence-corrected chi connectivity index (χ1v) is 16.8. The molecule has 0 aromatic heterocycles. The number of hydrogen-bond donors (Lipinski definition) is 3. The molecular weight excluding hydrogens is 598 g/mol. The van der Waals surface area contributed by atoms with Gasteiger partial charge in [0.05, 0.1) is 12.1 Å². The molecule has 3 N–H and O–H groups in total. The molecule has 3 aromatic carbocycles. The number of hydrogen-bond acceptors (Lipinski definition) is 5. The van der Waals surface area contributed by atoms with Crippen LogP contribution in [0.15, 0.2) is 60.7 Å². The first-order valence-electron chi connectivity index (χ1n) is 16.8. The van der Waals surface area contributed by atoms with E-state index in [-0.39, 0.29) is 18.9 Å². The molecule has 0 spiro atoms. The van der Waals surface area contributed by atoms with E-state index in [0.29, 0.717) is 42.7 Å². The summed E-state index contributed by atoms with van der Waals surface area (Å²) in [6.45, 7) is 8.87. The quantitative estimate of drug-likeness (QED) is 0.153. The molecule has 3 rings (SSSR count). The first kappa shape index (κ1) is 37.8. The summed E-state index contributed by atoms with van der Waals surface area (Å²) in [6.07, 6.45) is 3.00. The molecule has 9 heteroatoms. The van der Waals surface area contributed by atoms with Crippen LogP contribution in [-0.4, -0.2) is 79.1 Å². The van der Waals surface area contributed by atoms with Crippen LogP contribution in [0.1, 0.15) is 83.0 Å². The largest absolute Gasteiger partial charge is 0.390 e. The van der Waals surface area contributed by atoms with Gasteiger partial charge in [-0.1, -0.05) is 45.0 Å². The molecule has 256 valence electrons. The molecule has 0 bridgehead atoms. The number of carbonyl (C=O) groups is 2. The van der Waals surface area contributed by atoms with Crippen LogP contribution in [0.3, 0.4) is 0 Å². The normalized spacial score (nSPS) is 12.6. The van der Waals surface area contributed by atoms with Gasteiger partial charge < -0.3 is 25.5 Å². The Balaban J connectivity index is 1.88. The van der Waals surface area contributed by atoms with Crippen LogP contribution < -0.4 is 10.6 Å². The van der Waals surface area contributed by atoms with Gasteiger partial charge in [-0.2, -0.15) is 0 Å². The van der Waals surface area contributed by atoms with E-state index >= 15 is 0 Å². The van der Waals surface area contributed by atoms with Crippen LogP contribution in [0.5, 0.6) is 0 Å². The third-order valence-electron chi connectivity index (χ3n) is 8.09. The van der Waals surface area contributed by atoms with Gasteiger partial charge in [-0.05, 0) is 112 Å². The number of rotatable bonds is 19. The van der Waals surface area contributed by atoms with Crippen LogP contribution in [0, 0.1) is 11.6 Å². The highest BCUT2D eigenvalue weighted by Crippen LogP contribution is 2.18. The molecule has 0 aliphatic rings. The highest BCUT2D eigenvalue weighted by Gasteiger charge is 2.25. The van der Waals surface area contributed by atoms with Gasteiger partial charge in [0.15, 0.2) is 0 Å². The molecule has 0 heterocycles. The minimum atomic E-state index is -1.08. The molecule has 0 radical (unpaired) electrons. The summed E-state index contributed by atoms with van der Waals surface area (Å²) >= 11 is 0. The van der Waals surface area contributed by atoms with Crippen molar-refractivity contribution in [2.75, 3.05) is 40.3 Å². The number of halogens is 2. The van der Waals surface area contributed by atoms with E-state index in [4.69, 9.17) is 0 Å². The topological polar surface area (TPSA) is 84.9 Å². The average Bonchev–Trinajstić information content (AvgIpc) is 3.03. The van der Waals surface area contributed by atoms with Crippen molar-refractivity contribution in [3.63, 3.8) is 0 Å². The average molecular weight is 651 g/mol. The van der Waals surface area contributed by atoms with Crippen LogP contribution in [0.4, 0.5) is 8.78 Å². The highest BCUT2D eigenvalue weighted by atomic mass is 19.1. The minimum absolute atomic E-state index is 0.00365. The second-order valence-corrected chi connectivity index (χ2v) is 12.6. The lowest BCUT2D eigenvalue weighted by Gasteiger charge is -2.26. The monoisotopic (exact) mass is 650 g/mol. The van der Waals surface area contributed by atoms with E-state index in [2.05, 4.69) is 34.6 Å². The molecule has 0 saturated carbocycles. The maximum Gasteiger partial charge on any atom is 0.253 e. The highest BCUT2D eigenvalue weighted by molar-refractivity contribution is 6.00. The van der Waals surface area contributed by atoms with Crippen molar-refractivity contribution in [1.82, 2.24) is 20.4 Å². The van der Waals surface area contributed by atoms with Crippen molar-refractivity contribution in [2.45, 2.75) is 78.0 Å². The van der Waals surface area contributed by atoms with Crippen molar-refractivity contribution in [1.29, 1.82) is 0 Å². The van der Waals surface area contributed by atoms with E-state index in [9.17, 15) is 23.5 Å². The maximum absolute atomic E-state index is 14.1. The zero-order valence-corrected chi connectivity index (χ0v) is 28.6. The third kappa shape index (κ3) is 12.5. The Morgan fingerprint density at radius 3 is 2.11 bits per heavy atom. The number of aliphatic hydroxyl groups is 1. The van der Waals surface area contributed by atoms with E-state index < -0.39 is 29.7 Å². The molecule has 2 amide bonds. The van der Waals surface area contributed by atoms with Gasteiger partial charge >= 0.3 is 0 Å². The fraction of sp³-hybridized carbons (Fsp3) is 0.474. The van der Waals surface area contributed by atoms with Crippen molar-refractivity contribution < 1.29 is 23.5 Å². The predicted molar refractivity (Wildman–Crippen MR) is 185 cm³/mol. The number of nitrogens with zero attached hydrogens (tertiary/aromatic N) is 2. The summed E-state index contributed by atoms with van der Waals surface area (Å²) in [5.41, 5.74) is 4.20. The Kier molecular flexibility index (Phi) is 15.5. The maximum atomic E-state index is 14.1. The van der Waals surface area contributed by atoms with Gasteiger partial charge in [-0.25, -0.2) is 8.78 Å². The number of benzene rings is 3. The van der Waals surface area contributed by atoms with E-state index in [1.807, 2.05) is 51.0 Å². The lowest BCUT2D eigenvalue weighted by atomic mass is 9.98. The SMILES string of the molecule is CCCN(CCC)C(=O)c1cc(CCCN(C)C)cc(C(=O)N[C@@H](Cc2cc(F)cc(F)c2)[C@@H](O)CNCc2cccc(CC)c2)c1. The Hall–Kier alpha value is -3.66. The van der Waals surface area contributed by atoms with E-state index in [0.717, 1.165) is 49.4 Å². The van der Waals surface area contributed by atoms with Gasteiger partial charge in [0.25, 0.3) is 11.8 Å². The lowest BCUT2D eigenvalue weighted by Crippen LogP contribution is -2.48. The Morgan fingerprint density at radius 1 is 0.809 bits per heavy atom. The Labute approximate surface area is 279 Å². The van der Waals surface area contributed by atoms with E-state index in [1.54, 1.807) is 12.1 Å². The van der Waals surface area contributed by atoms with Crippen LogP contribution in [-0.2, 0) is 25.8 Å². The minimum Gasteiger partial charge on any atom is -0.390 e. The molecule has 0 aliphatic heterocycles. The number of amides is 2. The molecule has 0 aliphatic carbocycles. The second-order valence-electron chi connectivity index (χ2n) is 12.6. The molecule has 7 nitrogen and oxygen atoms in total. The summed E-state index contributed by atoms with van der Waals surface area (Å²) in [6, 6.07) is 15.7. The molecule has 0 saturated heterocycles. The van der Waals surface area contributed by atoms with Gasteiger partial charge in [0, 0.05) is 43.4 Å². The summed E-state index contributed by atoms with van der Waals surface area (Å²) in [5.74, 6) is -2.06. The summed E-state index contributed by atoms with van der Waals surface area (Å²) in [4.78, 5) is 31.4. The van der Waals surface area contributed by atoms with Crippen LogP contribution in [0.25, 0.3) is 0 Å². The number of nitrogens with one attached hydrogen (secondary N) is 2. The number of aryl methyl sites for hydroxylation is 2. The molecule has 3 aromatic rings. The Bertz CT molecular complexity index is 1420. The van der Waals surface area contributed by atoms with Crippen LogP contribution >= 0.6 is 0 Å². The lowest BCUT2D eigenvalue weighted by molar-refractivity contribution is 0.0755. The molecular formula is C38H52F2N4O3. The molecule has 0 unspecified atom stereocenters.